The first kappa shape index (κ1) is 20.7. The molecule has 1 saturated heterocycles. The zero-order valence-electron chi connectivity index (χ0n) is 16.9. The Morgan fingerprint density at radius 3 is 2.28 bits per heavy atom. The number of unbranched alkanes of at least 4 members (excludes halogenated alkanes) is 1. The first-order valence-corrected chi connectivity index (χ1v) is 10.1. The van der Waals surface area contributed by atoms with Crippen LogP contribution in [0.25, 0.3) is 0 Å². The van der Waals surface area contributed by atoms with Crippen LogP contribution in [0.5, 0.6) is 5.75 Å². The van der Waals surface area contributed by atoms with Gasteiger partial charge in [0.25, 0.3) is 5.91 Å². The topological polar surface area (TPSA) is 59.1 Å². The molecule has 0 bridgehead atoms. The smallest absolute Gasteiger partial charge is 0.338 e. The van der Waals surface area contributed by atoms with Crippen molar-refractivity contribution in [2.24, 2.45) is 0 Å². The van der Waals surface area contributed by atoms with Gasteiger partial charge >= 0.3 is 5.97 Å². The molecule has 0 atom stereocenters. The molecule has 1 fully saturated rings. The third-order valence-corrected chi connectivity index (χ3v) is 4.94. The third kappa shape index (κ3) is 5.98. The van der Waals surface area contributed by atoms with Crippen molar-refractivity contribution in [1.29, 1.82) is 0 Å². The Labute approximate surface area is 172 Å². The molecule has 0 spiro atoms. The Morgan fingerprint density at radius 1 is 0.931 bits per heavy atom. The number of anilines is 1. The second-order valence-corrected chi connectivity index (χ2v) is 7.01. The maximum Gasteiger partial charge on any atom is 0.338 e. The van der Waals surface area contributed by atoms with E-state index in [0.29, 0.717) is 25.3 Å². The lowest BCUT2D eigenvalue weighted by Crippen LogP contribution is -2.49. The molecule has 154 valence electrons. The molecule has 2 aromatic carbocycles. The van der Waals surface area contributed by atoms with Crippen LogP contribution in [0.4, 0.5) is 5.69 Å². The van der Waals surface area contributed by atoms with Gasteiger partial charge in [-0.15, -0.1) is 0 Å². The Balaban J connectivity index is 1.41. The van der Waals surface area contributed by atoms with E-state index in [4.69, 9.17) is 9.47 Å². The van der Waals surface area contributed by atoms with Gasteiger partial charge in [0.2, 0.25) is 0 Å². The van der Waals surface area contributed by atoms with E-state index in [0.717, 1.165) is 37.4 Å². The van der Waals surface area contributed by atoms with Crippen molar-refractivity contribution in [3.8, 4) is 5.75 Å². The van der Waals surface area contributed by atoms with E-state index in [1.807, 2.05) is 18.2 Å². The summed E-state index contributed by atoms with van der Waals surface area (Å²) in [5.41, 5.74) is 1.57. The highest BCUT2D eigenvalue weighted by molar-refractivity contribution is 5.91. The number of piperazine rings is 1. The fraction of sp³-hybridized carbons (Fsp3) is 0.391. The number of amides is 1. The molecular formula is C23H28N2O4. The molecule has 3 rings (SSSR count). The van der Waals surface area contributed by atoms with E-state index >= 15 is 0 Å². The van der Waals surface area contributed by atoms with Gasteiger partial charge in [-0.1, -0.05) is 31.5 Å². The molecule has 1 aliphatic rings. The van der Waals surface area contributed by atoms with Gasteiger partial charge < -0.3 is 19.3 Å². The van der Waals surface area contributed by atoms with Gasteiger partial charge in [0, 0.05) is 31.9 Å². The summed E-state index contributed by atoms with van der Waals surface area (Å²) in [5, 5.41) is 0. The van der Waals surface area contributed by atoms with Crippen LogP contribution in [-0.4, -0.2) is 56.2 Å². The summed E-state index contributed by atoms with van der Waals surface area (Å²) >= 11 is 0. The van der Waals surface area contributed by atoms with Crippen LogP contribution in [0.2, 0.25) is 0 Å². The standard InChI is InChI=1S/C23H28N2O4/c1-2-3-17-28-21-11-9-19(10-12-21)23(27)29-18-22(26)25-15-13-24(14-16-25)20-7-5-4-6-8-20/h4-12H,2-3,13-18H2,1H3. The van der Waals surface area contributed by atoms with Crippen LogP contribution in [0, 0.1) is 0 Å². The number of para-hydroxylation sites is 1. The monoisotopic (exact) mass is 396 g/mol. The van der Waals surface area contributed by atoms with Gasteiger partial charge in [-0.25, -0.2) is 4.79 Å². The van der Waals surface area contributed by atoms with Crippen LogP contribution in [0.1, 0.15) is 30.1 Å². The molecule has 6 heteroatoms. The van der Waals surface area contributed by atoms with E-state index < -0.39 is 5.97 Å². The van der Waals surface area contributed by atoms with Gasteiger partial charge in [-0.05, 0) is 42.8 Å². The maximum absolute atomic E-state index is 12.4. The number of hydrogen-bond donors (Lipinski definition) is 0. The summed E-state index contributed by atoms with van der Waals surface area (Å²) < 4.78 is 10.8. The van der Waals surface area contributed by atoms with Crippen LogP contribution in [0.15, 0.2) is 54.6 Å². The molecule has 0 aromatic heterocycles. The summed E-state index contributed by atoms with van der Waals surface area (Å²) in [7, 11) is 0. The van der Waals surface area contributed by atoms with Gasteiger partial charge in [-0.2, -0.15) is 0 Å². The number of ether oxygens (including phenoxy) is 2. The number of benzene rings is 2. The van der Waals surface area contributed by atoms with Crippen molar-refractivity contribution in [3.63, 3.8) is 0 Å². The second kappa shape index (κ2) is 10.5. The number of carbonyl (C=O) groups excluding carboxylic acids is 2. The van der Waals surface area contributed by atoms with Crippen molar-refractivity contribution in [1.82, 2.24) is 4.90 Å². The Bertz CT molecular complexity index is 784. The van der Waals surface area contributed by atoms with E-state index in [-0.39, 0.29) is 12.5 Å². The number of nitrogens with zero attached hydrogens (tertiary/aromatic N) is 2. The minimum absolute atomic E-state index is 0.161. The highest BCUT2D eigenvalue weighted by Gasteiger charge is 2.22. The van der Waals surface area contributed by atoms with Crippen LogP contribution in [0.3, 0.4) is 0 Å². The first-order chi connectivity index (χ1) is 14.2. The molecule has 0 saturated carbocycles. The van der Waals surface area contributed by atoms with Crippen LogP contribution in [-0.2, 0) is 9.53 Å². The quantitative estimate of drug-likeness (QED) is 0.506. The number of esters is 1. The number of carbonyl (C=O) groups is 2. The average molecular weight is 396 g/mol. The SMILES string of the molecule is CCCCOc1ccc(C(=O)OCC(=O)N2CCN(c3ccccc3)CC2)cc1. The van der Waals surface area contributed by atoms with E-state index in [2.05, 4.69) is 24.0 Å². The lowest BCUT2D eigenvalue weighted by molar-refractivity contribution is -0.134. The first-order valence-electron chi connectivity index (χ1n) is 10.1. The Morgan fingerprint density at radius 2 is 1.62 bits per heavy atom. The van der Waals surface area contributed by atoms with Gasteiger partial charge in [0.1, 0.15) is 5.75 Å². The molecule has 1 amide bonds. The van der Waals surface area contributed by atoms with Crippen LogP contribution >= 0.6 is 0 Å². The summed E-state index contributed by atoms with van der Waals surface area (Å²) in [6, 6.07) is 17.0. The van der Waals surface area contributed by atoms with E-state index in [1.54, 1.807) is 29.2 Å². The molecule has 6 nitrogen and oxygen atoms in total. The largest absolute Gasteiger partial charge is 0.494 e. The third-order valence-electron chi connectivity index (χ3n) is 4.94. The van der Waals surface area contributed by atoms with Crippen molar-refractivity contribution < 1.29 is 19.1 Å². The van der Waals surface area contributed by atoms with Gasteiger partial charge in [0.05, 0.1) is 12.2 Å². The van der Waals surface area contributed by atoms with Crippen molar-refractivity contribution in [3.05, 3.63) is 60.2 Å². The molecule has 1 heterocycles. The Kier molecular flexibility index (Phi) is 7.50. The molecule has 29 heavy (non-hydrogen) atoms. The van der Waals surface area contributed by atoms with E-state index in [9.17, 15) is 9.59 Å². The fourth-order valence-electron chi connectivity index (χ4n) is 3.18. The molecule has 1 aliphatic heterocycles. The minimum Gasteiger partial charge on any atom is -0.494 e. The predicted molar refractivity (Wildman–Crippen MR) is 112 cm³/mol. The molecule has 0 aliphatic carbocycles. The van der Waals surface area contributed by atoms with Crippen molar-refractivity contribution in [2.75, 3.05) is 44.3 Å². The molecule has 0 N–H and O–H groups in total. The fourth-order valence-corrected chi connectivity index (χ4v) is 3.18. The summed E-state index contributed by atoms with van der Waals surface area (Å²) in [5.74, 6) is 0.0642. The number of rotatable bonds is 8. The predicted octanol–water partition coefficient (Wildman–Crippen LogP) is 3.37. The zero-order valence-corrected chi connectivity index (χ0v) is 16.9. The summed E-state index contributed by atoms with van der Waals surface area (Å²) in [6.07, 6.45) is 2.06. The number of hydrogen-bond acceptors (Lipinski definition) is 5. The van der Waals surface area contributed by atoms with Crippen molar-refractivity contribution >= 4 is 17.6 Å². The molecule has 2 aromatic rings. The molecule has 0 unspecified atom stereocenters. The Hall–Kier alpha value is -3.02. The molecular weight excluding hydrogens is 368 g/mol. The lowest BCUT2D eigenvalue weighted by Gasteiger charge is -2.36. The lowest BCUT2D eigenvalue weighted by atomic mass is 10.2. The van der Waals surface area contributed by atoms with E-state index in [1.165, 1.54) is 0 Å². The van der Waals surface area contributed by atoms with Gasteiger partial charge in [-0.3, -0.25) is 4.79 Å². The highest BCUT2D eigenvalue weighted by atomic mass is 16.5. The van der Waals surface area contributed by atoms with Gasteiger partial charge in [0.15, 0.2) is 6.61 Å². The second-order valence-electron chi connectivity index (χ2n) is 7.01. The van der Waals surface area contributed by atoms with Crippen molar-refractivity contribution in [2.45, 2.75) is 19.8 Å². The summed E-state index contributed by atoms with van der Waals surface area (Å²) in [4.78, 5) is 28.6. The summed E-state index contributed by atoms with van der Waals surface area (Å²) in [6.45, 7) is 5.30. The minimum atomic E-state index is -0.499. The average Bonchev–Trinajstić information content (AvgIpc) is 2.78. The van der Waals surface area contributed by atoms with Crippen LogP contribution < -0.4 is 9.64 Å². The highest BCUT2D eigenvalue weighted by Crippen LogP contribution is 2.16. The maximum atomic E-state index is 12.4. The molecule has 0 radical (unpaired) electrons. The normalized spacial score (nSPS) is 13.8. The zero-order chi connectivity index (χ0) is 20.5.